The smallest absolute Gasteiger partial charge is 0.287 e. The van der Waals surface area contributed by atoms with E-state index in [2.05, 4.69) is 4.90 Å². The molecule has 1 rings (SSSR count). The Kier molecular flexibility index (Phi) is 6.58. The molecule has 1 amide bonds. The predicted octanol–water partition coefficient (Wildman–Crippen LogP) is 2.66. The molecule has 0 saturated heterocycles. The summed E-state index contributed by atoms with van der Waals surface area (Å²) in [5, 5.41) is 10.7. The molecule has 21 heavy (non-hydrogen) atoms. The van der Waals surface area contributed by atoms with Crippen molar-refractivity contribution in [3.05, 3.63) is 38.9 Å². The topological polar surface area (TPSA) is 66.7 Å². The van der Waals surface area contributed by atoms with E-state index in [9.17, 15) is 14.9 Å². The number of carbonyl (C=O) groups excluding carboxylic acids is 1. The molecule has 0 atom stereocenters. The molecule has 0 aliphatic heterocycles. The van der Waals surface area contributed by atoms with Crippen molar-refractivity contribution in [3.8, 4) is 0 Å². The van der Waals surface area contributed by atoms with Crippen molar-refractivity contribution in [2.45, 2.75) is 12.8 Å². The highest BCUT2D eigenvalue weighted by molar-refractivity contribution is 6.33. The number of halogens is 1. The molecule has 0 saturated carbocycles. The zero-order chi connectivity index (χ0) is 16.0. The summed E-state index contributed by atoms with van der Waals surface area (Å²) in [6, 6.07) is 4.04. The zero-order valence-electron chi connectivity index (χ0n) is 12.5. The lowest BCUT2D eigenvalue weighted by molar-refractivity contribution is -0.384. The van der Waals surface area contributed by atoms with E-state index < -0.39 is 4.92 Å². The first-order chi connectivity index (χ1) is 9.82. The Bertz CT molecular complexity index is 520. The van der Waals surface area contributed by atoms with Crippen molar-refractivity contribution < 1.29 is 9.72 Å². The molecule has 0 radical (unpaired) electrons. The van der Waals surface area contributed by atoms with Crippen LogP contribution < -0.4 is 0 Å². The number of hydrogen-bond acceptors (Lipinski definition) is 4. The molecule has 0 heterocycles. The number of nitro groups is 1. The highest BCUT2D eigenvalue weighted by atomic mass is 35.5. The van der Waals surface area contributed by atoms with Gasteiger partial charge in [0.15, 0.2) is 0 Å². The Hall–Kier alpha value is -1.66. The van der Waals surface area contributed by atoms with Crippen LogP contribution in [0.1, 0.15) is 23.2 Å². The molecular formula is C14H20ClN3O3. The summed E-state index contributed by atoms with van der Waals surface area (Å²) in [5.41, 5.74) is 0.169. The number of benzene rings is 1. The number of hydrogen-bond donors (Lipinski definition) is 0. The van der Waals surface area contributed by atoms with E-state index in [4.69, 9.17) is 11.6 Å². The van der Waals surface area contributed by atoms with Gasteiger partial charge >= 0.3 is 0 Å². The third-order valence-electron chi connectivity index (χ3n) is 3.09. The van der Waals surface area contributed by atoms with Crippen LogP contribution in [-0.2, 0) is 0 Å². The predicted molar refractivity (Wildman–Crippen MR) is 82.9 cm³/mol. The van der Waals surface area contributed by atoms with Gasteiger partial charge in [-0.2, -0.15) is 0 Å². The van der Waals surface area contributed by atoms with Crippen molar-refractivity contribution >= 4 is 23.2 Å². The van der Waals surface area contributed by atoms with Crippen LogP contribution in [0.4, 0.5) is 5.69 Å². The third kappa shape index (κ3) is 5.32. The van der Waals surface area contributed by atoms with E-state index in [1.807, 2.05) is 14.1 Å². The van der Waals surface area contributed by atoms with Gasteiger partial charge in [0.2, 0.25) is 0 Å². The Labute approximate surface area is 129 Å². The Morgan fingerprint density at radius 3 is 2.38 bits per heavy atom. The number of rotatable bonds is 7. The van der Waals surface area contributed by atoms with Crippen molar-refractivity contribution in [2.75, 3.05) is 34.2 Å². The fourth-order valence-electron chi connectivity index (χ4n) is 1.89. The van der Waals surface area contributed by atoms with E-state index >= 15 is 0 Å². The molecule has 0 spiro atoms. The summed E-state index contributed by atoms with van der Waals surface area (Å²) in [6.07, 6.45) is 1.91. The van der Waals surface area contributed by atoms with Crippen LogP contribution in [0.5, 0.6) is 0 Å². The third-order valence-corrected chi connectivity index (χ3v) is 3.39. The molecule has 0 unspecified atom stereocenters. The molecule has 0 fully saturated rings. The largest absolute Gasteiger partial charge is 0.342 e. The number of carbonyl (C=O) groups is 1. The Morgan fingerprint density at radius 2 is 1.86 bits per heavy atom. The Morgan fingerprint density at radius 1 is 1.24 bits per heavy atom. The molecule has 0 aromatic heterocycles. The molecule has 6 nitrogen and oxygen atoms in total. The summed E-state index contributed by atoms with van der Waals surface area (Å²) in [7, 11) is 5.73. The lowest BCUT2D eigenvalue weighted by Gasteiger charge is -2.18. The average molecular weight is 314 g/mol. The second-order valence-corrected chi connectivity index (χ2v) is 5.57. The van der Waals surface area contributed by atoms with Crippen LogP contribution in [-0.4, -0.2) is 54.9 Å². The lowest BCUT2D eigenvalue weighted by atomic mass is 10.1. The van der Waals surface area contributed by atoms with E-state index in [0.717, 1.165) is 19.4 Å². The molecule has 7 heteroatoms. The van der Waals surface area contributed by atoms with Crippen LogP contribution in [0.15, 0.2) is 18.2 Å². The van der Waals surface area contributed by atoms with Gasteiger partial charge in [0.1, 0.15) is 5.02 Å². The lowest BCUT2D eigenvalue weighted by Crippen LogP contribution is -2.28. The second-order valence-electron chi connectivity index (χ2n) is 5.16. The van der Waals surface area contributed by atoms with E-state index in [1.165, 1.54) is 18.2 Å². The van der Waals surface area contributed by atoms with Gasteiger partial charge in [0, 0.05) is 25.2 Å². The minimum atomic E-state index is -0.568. The van der Waals surface area contributed by atoms with E-state index in [1.54, 1.807) is 11.9 Å². The number of nitro benzene ring substituents is 1. The van der Waals surface area contributed by atoms with Crippen molar-refractivity contribution in [3.63, 3.8) is 0 Å². The monoisotopic (exact) mass is 313 g/mol. The van der Waals surface area contributed by atoms with Gasteiger partial charge in [-0.15, -0.1) is 0 Å². The molecule has 116 valence electrons. The SMILES string of the molecule is CN(C)CCCCN(C)C(=O)c1ccc([N+](=O)[O-])c(Cl)c1. The van der Waals surface area contributed by atoms with Gasteiger partial charge in [-0.3, -0.25) is 14.9 Å². The number of nitrogens with zero attached hydrogens (tertiary/aromatic N) is 3. The van der Waals surface area contributed by atoms with Crippen LogP contribution >= 0.6 is 11.6 Å². The summed E-state index contributed by atoms with van der Waals surface area (Å²) in [4.78, 5) is 26.0. The second kappa shape index (κ2) is 7.95. The van der Waals surface area contributed by atoms with Crippen molar-refractivity contribution in [1.82, 2.24) is 9.80 Å². The molecule has 0 aliphatic rings. The highest BCUT2D eigenvalue weighted by Gasteiger charge is 2.17. The van der Waals surface area contributed by atoms with Crippen LogP contribution in [0.3, 0.4) is 0 Å². The van der Waals surface area contributed by atoms with Crippen molar-refractivity contribution in [1.29, 1.82) is 0 Å². The maximum Gasteiger partial charge on any atom is 0.287 e. The molecule has 1 aromatic carbocycles. The van der Waals surface area contributed by atoms with E-state index in [-0.39, 0.29) is 16.6 Å². The fourth-order valence-corrected chi connectivity index (χ4v) is 2.14. The van der Waals surface area contributed by atoms with E-state index in [0.29, 0.717) is 12.1 Å². The minimum Gasteiger partial charge on any atom is -0.342 e. The zero-order valence-corrected chi connectivity index (χ0v) is 13.3. The average Bonchev–Trinajstić information content (AvgIpc) is 2.41. The fraction of sp³-hybridized carbons (Fsp3) is 0.500. The molecule has 0 aliphatic carbocycles. The summed E-state index contributed by atoms with van der Waals surface area (Å²) >= 11 is 5.82. The summed E-state index contributed by atoms with van der Waals surface area (Å²) in [5.74, 6) is -0.184. The van der Waals surface area contributed by atoms with Crippen molar-refractivity contribution in [2.24, 2.45) is 0 Å². The van der Waals surface area contributed by atoms with Gasteiger partial charge in [0.05, 0.1) is 4.92 Å². The molecule has 0 N–H and O–H groups in total. The van der Waals surface area contributed by atoms with Gasteiger partial charge in [0.25, 0.3) is 11.6 Å². The summed E-state index contributed by atoms with van der Waals surface area (Å²) in [6.45, 7) is 1.62. The van der Waals surface area contributed by atoms with Crippen LogP contribution in [0, 0.1) is 10.1 Å². The Balaban J connectivity index is 2.62. The summed E-state index contributed by atoms with van der Waals surface area (Å²) < 4.78 is 0. The first-order valence-corrected chi connectivity index (χ1v) is 7.05. The number of unbranched alkanes of at least 4 members (excludes halogenated alkanes) is 1. The van der Waals surface area contributed by atoms with Crippen LogP contribution in [0.2, 0.25) is 5.02 Å². The molecular weight excluding hydrogens is 294 g/mol. The van der Waals surface area contributed by atoms with Gasteiger partial charge in [-0.05, 0) is 45.6 Å². The highest BCUT2D eigenvalue weighted by Crippen LogP contribution is 2.25. The maximum absolute atomic E-state index is 12.2. The minimum absolute atomic E-state index is 0.0214. The maximum atomic E-state index is 12.2. The van der Waals surface area contributed by atoms with Gasteiger partial charge < -0.3 is 9.80 Å². The molecule has 0 bridgehead atoms. The standard InChI is InChI=1S/C14H20ClN3O3/c1-16(2)8-4-5-9-17(3)14(19)11-6-7-13(18(20)21)12(15)10-11/h6-7,10H,4-5,8-9H2,1-3H3. The first kappa shape index (κ1) is 17.4. The number of amides is 1. The van der Waals surface area contributed by atoms with Crippen LogP contribution in [0.25, 0.3) is 0 Å². The van der Waals surface area contributed by atoms with Gasteiger partial charge in [-0.1, -0.05) is 11.6 Å². The normalized spacial score (nSPS) is 10.7. The quantitative estimate of drug-likeness (QED) is 0.441. The van der Waals surface area contributed by atoms with Gasteiger partial charge in [-0.25, -0.2) is 0 Å². The first-order valence-electron chi connectivity index (χ1n) is 6.67. The molecule has 1 aromatic rings.